The van der Waals surface area contributed by atoms with Crippen LogP contribution >= 0.6 is 0 Å². The van der Waals surface area contributed by atoms with E-state index in [1.165, 1.54) is 24.4 Å². The lowest BCUT2D eigenvalue weighted by Crippen LogP contribution is -2.08. The van der Waals surface area contributed by atoms with Gasteiger partial charge in [-0.2, -0.15) is 8.78 Å². The number of nitrogens with zero attached hydrogens (tertiary/aromatic N) is 1. The first-order valence-corrected chi connectivity index (χ1v) is 5.40. The molecule has 0 amide bonds. The molecule has 0 saturated carbocycles. The van der Waals surface area contributed by atoms with Crippen LogP contribution in [0.5, 0.6) is 5.75 Å². The highest BCUT2D eigenvalue weighted by Crippen LogP contribution is 2.30. The molecule has 1 atom stereocenters. The molecule has 1 unspecified atom stereocenters. The van der Waals surface area contributed by atoms with E-state index in [0.717, 1.165) is 12.3 Å². The lowest BCUT2D eigenvalue weighted by Gasteiger charge is -2.15. The van der Waals surface area contributed by atoms with E-state index in [2.05, 4.69) is 9.72 Å². The molecule has 0 saturated heterocycles. The minimum absolute atomic E-state index is 0.121. The summed E-state index contributed by atoms with van der Waals surface area (Å²) in [4.78, 5) is 3.60. The van der Waals surface area contributed by atoms with Crippen LogP contribution in [0.3, 0.4) is 0 Å². The van der Waals surface area contributed by atoms with Crippen molar-refractivity contribution in [2.45, 2.75) is 12.7 Å². The first-order valence-electron chi connectivity index (χ1n) is 5.40. The number of hydrogen-bond donors (Lipinski definition) is 1. The molecule has 19 heavy (non-hydrogen) atoms. The number of aliphatic hydroxyl groups excluding tert-OH is 1. The zero-order valence-corrected chi connectivity index (χ0v) is 9.63. The van der Waals surface area contributed by atoms with Gasteiger partial charge in [-0.05, 0) is 12.1 Å². The zero-order chi connectivity index (χ0) is 13.8. The monoisotopic (exact) mass is 269 g/mol. The lowest BCUT2D eigenvalue weighted by molar-refractivity contribution is -0.0512. The van der Waals surface area contributed by atoms with Gasteiger partial charge in [0, 0.05) is 17.3 Å². The Hall–Kier alpha value is -2.08. The Kier molecular flexibility index (Phi) is 4.01. The molecule has 2 rings (SSSR count). The van der Waals surface area contributed by atoms with E-state index in [9.17, 15) is 18.3 Å². The average molecular weight is 269 g/mol. The SMILES string of the molecule is OC(c1cncc(F)c1)c1ccccc1OC(F)F. The molecule has 6 heteroatoms. The van der Waals surface area contributed by atoms with Crippen LogP contribution in [-0.4, -0.2) is 16.7 Å². The number of alkyl halides is 2. The molecule has 0 radical (unpaired) electrons. The van der Waals surface area contributed by atoms with Gasteiger partial charge < -0.3 is 9.84 Å². The normalized spacial score (nSPS) is 12.5. The third kappa shape index (κ3) is 3.23. The predicted octanol–water partition coefficient (Wildman–Crippen LogP) is 2.90. The number of aliphatic hydroxyl groups is 1. The second kappa shape index (κ2) is 5.71. The number of halogens is 3. The second-order valence-corrected chi connectivity index (χ2v) is 3.76. The van der Waals surface area contributed by atoms with Crippen molar-refractivity contribution in [1.82, 2.24) is 4.98 Å². The number of benzene rings is 1. The van der Waals surface area contributed by atoms with Gasteiger partial charge >= 0.3 is 6.61 Å². The van der Waals surface area contributed by atoms with E-state index in [4.69, 9.17) is 0 Å². The average Bonchev–Trinajstić information content (AvgIpc) is 2.38. The van der Waals surface area contributed by atoms with Gasteiger partial charge in [0.05, 0.1) is 6.20 Å². The maximum absolute atomic E-state index is 13.0. The van der Waals surface area contributed by atoms with Crippen molar-refractivity contribution in [1.29, 1.82) is 0 Å². The molecule has 1 N–H and O–H groups in total. The molecule has 1 aromatic heterocycles. The molecule has 0 fully saturated rings. The molecular weight excluding hydrogens is 259 g/mol. The van der Waals surface area contributed by atoms with Crippen molar-refractivity contribution < 1.29 is 23.0 Å². The molecule has 0 spiro atoms. The summed E-state index contributed by atoms with van der Waals surface area (Å²) in [6.07, 6.45) is 0.947. The number of ether oxygens (including phenoxy) is 1. The molecular formula is C13H10F3NO2. The van der Waals surface area contributed by atoms with Crippen molar-refractivity contribution in [2.24, 2.45) is 0 Å². The third-order valence-corrected chi connectivity index (χ3v) is 2.47. The molecule has 100 valence electrons. The van der Waals surface area contributed by atoms with Crippen molar-refractivity contribution in [3.8, 4) is 5.75 Å². The molecule has 1 aromatic carbocycles. The van der Waals surface area contributed by atoms with Crippen molar-refractivity contribution in [2.75, 3.05) is 0 Å². The molecule has 0 aliphatic heterocycles. The summed E-state index contributed by atoms with van der Waals surface area (Å²) in [6, 6.07) is 6.86. The number of rotatable bonds is 4. The number of hydrogen-bond acceptors (Lipinski definition) is 3. The van der Waals surface area contributed by atoms with Gasteiger partial charge in [0.25, 0.3) is 0 Å². The Morgan fingerprint density at radius 1 is 1.16 bits per heavy atom. The second-order valence-electron chi connectivity index (χ2n) is 3.76. The molecule has 0 bridgehead atoms. The largest absolute Gasteiger partial charge is 0.434 e. The fourth-order valence-corrected chi connectivity index (χ4v) is 1.67. The van der Waals surface area contributed by atoms with Gasteiger partial charge in [0.1, 0.15) is 17.7 Å². The van der Waals surface area contributed by atoms with Gasteiger partial charge in [0.2, 0.25) is 0 Å². The van der Waals surface area contributed by atoms with Crippen LogP contribution in [0.15, 0.2) is 42.7 Å². The van der Waals surface area contributed by atoms with Crippen LogP contribution in [0.1, 0.15) is 17.2 Å². The van der Waals surface area contributed by atoms with Gasteiger partial charge in [-0.3, -0.25) is 4.98 Å². The maximum Gasteiger partial charge on any atom is 0.387 e. The Bertz CT molecular complexity index is 563. The highest BCUT2D eigenvalue weighted by atomic mass is 19.3. The number of pyridine rings is 1. The van der Waals surface area contributed by atoms with E-state index in [0.29, 0.717) is 0 Å². The van der Waals surface area contributed by atoms with E-state index < -0.39 is 18.5 Å². The predicted molar refractivity (Wildman–Crippen MR) is 61.3 cm³/mol. The minimum Gasteiger partial charge on any atom is -0.434 e. The zero-order valence-electron chi connectivity index (χ0n) is 9.63. The smallest absolute Gasteiger partial charge is 0.387 e. The summed E-state index contributed by atoms with van der Waals surface area (Å²) in [7, 11) is 0. The van der Waals surface area contributed by atoms with E-state index in [1.54, 1.807) is 6.07 Å². The third-order valence-electron chi connectivity index (χ3n) is 2.47. The van der Waals surface area contributed by atoms with Gasteiger partial charge in [-0.25, -0.2) is 4.39 Å². The molecule has 3 nitrogen and oxygen atoms in total. The van der Waals surface area contributed by atoms with Crippen LogP contribution in [0.4, 0.5) is 13.2 Å². The Labute approximate surface area is 107 Å². The summed E-state index contributed by atoms with van der Waals surface area (Å²) >= 11 is 0. The Morgan fingerprint density at radius 3 is 2.58 bits per heavy atom. The summed E-state index contributed by atoms with van der Waals surface area (Å²) in [6.45, 7) is -3.00. The molecule has 2 aromatic rings. The standard InChI is InChI=1S/C13H10F3NO2/c14-9-5-8(6-17-7-9)12(18)10-3-1-2-4-11(10)19-13(15)16/h1-7,12-13,18H. The highest BCUT2D eigenvalue weighted by Gasteiger charge is 2.18. The van der Waals surface area contributed by atoms with E-state index >= 15 is 0 Å². The van der Waals surface area contributed by atoms with Crippen LogP contribution in [0.2, 0.25) is 0 Å². The first kappa shape index (κ1) is 13.4. The van der Waals surface area contributed by atoms with Gasteiger partial charge in [-0.15, -0.1) is 0 Å². The Morgan fingerprint density at radius 2 is 1.89 bits per heavy atom. The van der Waals surface area contributed by atoms with Gasteiger partial charge in [0.15, 0.2) is 0 Å². The summed E-state index contributed by atoms with van der Waals surface area (Å²) in [5.41, 5.74) is 0.278. The van der Waals surface area contributed by atoms with Crippen molar-refractivity contribution in [3.05, 3.63) is 59.7 Å². The Balaban J connectivity index is 2.35. The topological polar surface area (TPSA) is 42.4 Å². The maximum atomic E-state index is 13.0. The summed E-state index contributed by atoms with van der Waals surface area (Å²) < 4.78 is 41.8. The van der Waals surface area contributed by atoms with Crippen LogP contribution in [0.25, 0.3) is 0 Å². The highest BCUT2D eigenvalue weighted by molar-refractivity contribution is 5.39. The van der Waals surface area contributed by atoms with Crippen molar-refractivity contribution >= 4 is 0 Å². The van der Waals surface area contributed by atoms with Gasteiger partial charge in [-0.1, -0.05) is 18.2 Å². The van der Waals surface area contributed by atoms with E-state index in [-0.39, 0.29) is 16.9 Å². The fraction of sp³-hybridized carbons (Fsp3) is 0.154. The number of para-hydroxylation sites is 1. The molecule has 1 heterocycles. The number of aromatic nitrogens is 1. The lowest BCUT2D eigenvalue weighted by atomic mass is 10.0. The molecule has 0 aliphatic rings. The quantitative estimate of drug-likeness (QED) is 0.928. The first-order chi connectivity index (χ1) is 9.08. The van der Waals surface area contributed by atoms with Crippen LogP contribution < -0.4 is 4.74 Å². The van der Waals surface area contributed by atoms with Crippen LogP contribution in [0, 0.1) is 5.82 Å². The molecule has 0 aliphatic carbocycles. The summed E-state index contributed by atoms with van der Waals surface area (Å²) in [5.74, 6) is -0.780. The van der Waals surface area contributed by atoms with E-state index in [1.807, 2.05) is 0 Å². The van der Waals surface area contributed by atoms with Crippen molar-refractivity contribution in [3.63, 3.8) is 0 Å². The van der Waals surface area contributed by atoms with Crippen LogP contribution in [-0.2, 0) is 0 Å². The minimum atomic E-state index is -3.00. The summed E-state index contributed by atoms with van der Waals surface area (Å²) in [5, 5.41) is 10.1. The fourth-order valence-electron chi connectivity index (χ4n) is 1.67.